The van der Waals surface area contributed by atoms with Crippen molar-refractivity contribution < 1.29 is 18.7 Å². The summed E-state index contributed by atoms with van der Waals surface area (Å²) in [6, 6.07) is 0. The van der Waals surface area contributed by atoms with Gasteiger partial charge < -0.3 is 5.11 Å². The fourth-order valence-electron chi connectivity index (χ4n) is 7.17. The predicted octanol–water partition coefficient (Wildman–Crippen LogP) is 4.76. The first kappa shape index (κ1) is 17.6. The Morgan fingerprint density at radius 2 is 1.96 bits per heavy atom. The van der Waals surface area contributed by atoms with Crippen LogP contribution in [0.4, 0.5) is 8.78 Å². The number of ketones is 1. The van der Waals surface area contributed by atoms with Crippen LogP contribution in [-0.2, 0) is 4.79 Å². The van der Waals surface area contributed by atoms with Crippen LogP contribution in [0.2, 0.25) is 0 Å². The first-order valence-corrected chi connectivity index (χ1v) is 9.96. The molecule has 0 spiro atoms. The number of Topliss-reactive ketones (excluding diaryl/α,β-unsaturated/α-hetero) is 1. The van der Waals surface area contributed by atoms with Crippen molar-refractivity contribution in [2.75, 3.05) is 0 Å². The number of alkyl halides is 2. The zero-order valence-electron chi connectivity index (χ0n) is 15.3. The third-order valence-electron chi connectivity index (χ3n) is 8.43. The van der Waals surface area contributed by atoms with Gasteiger partial charge in [-0.25, -0.2) is 8.78 Å². The molecule has 0 heterocycles. The van der Waals surface area contributed by atoms with Crippen LogP contribution in [0.3, 0.4) is 0 Å². The van der Waals surface area contributed by atoms with E-state index in [4.69, 9.17) is 0 Å². The molecule has 0 aromatic heterocycles. The molecular formula is C21H30F2O2. The first-order valence-electron chi connectivity index (χ1n) is 9.96. The molecule has 140 valence electrons. The summed E-state index contributed by atoms with van der Waals surface area (Å²) < 4.78 is 26.5. The highest BCUT2D eigenvalue weighted by Gasteiger charge is 2.57. The largest absolute Gasteiger partial charge is 0.384 e. The fraction of sp³-hybridized carbons (Fsp3) is 0.857. The van der Waals surface area contributed by atoms with Crippen LogP contribution in [0.1, 0.15) is 65.2 Å². The molecule has 0 aromatic carbocycles. The van der Waals surface area contributed by atoms with E-state index in [0.29, 0.717) is 35.9 Å². The molecule has 0 amide bonds. The lowest BCUT2D eigenvalue weighted by Crippen LogP contribution is -2.49. The van der Waals surface area contributed by atoms with Gasteiger partial charge in [-0.1, -0.05) is 18.6 Å². The molecule has 7 atom stereocenters. The first-order chi connectivity index (χ1) is 11.8. The summed E-state index contributed by atoms with van der Waals surface area (Å²) in [4.78, 5) is 12.1. The Kier molecular flexibility index (Phi) is 4.14. The summed E-state index contributed by atoms with van der Waals surface area (Å²) in [5, 5.41) is 10.2. The minimum atomic E-state index is -2.66. The molecule has 4 aliphatic carbocycles. The summed E-state index contributed by atoms with van der Waals surface area (Å²) in [6.45, 7) is 4.07. The minimum Gasteiger partial charge on any atom is -0.384 e. The van der Waals surface area contributed by atoms with Gasteiger partial charge in [0.15, 0.2) is 0 Å². The molecule has 0 radical (unpaired) electrons. The lowest BCUT2D eigenvalue weighted by Gasteiger charge is -2.54. The predicted molar refractivity (Wildman–Crippen MR) is 92.2 cm³/mol. The summed E-state index contributed by atoms with van der Waals surface area (Å²) in [5.74, 6) is 2.67. The van der Waals surface area contributed by atoms with Crippen molar-refractivity contribution in [1.82, 2.24) is 0 Å². The summed E-state index contributed by atoms with van der Waals surface area (Å²) in [7, 11) is 0. The summed E-state index contributed by atoms with van der Waals surface area (Å²) >= 11 is 0. The van der Waals surface area contributed by atoms with E-state index in [2.05, 4.69) is 13.0 Å². The molecule has 1 N–H and O–H groups in total. The molecule has 7 unspecified atom stereocenters. The highest BCUT2D eigenvalue weighted by atomic mass is 19.3. The molecule has 0 aromatic rings. The molecule has 0 aliphatic heterocycles. The number of hydrogen-bond acceptors (Lipinski definition) is 2. The van der Waals surface area contributed by atoms with Crippen molar-refractivity contribution in [2.24, 2.45) is 35.0 Å². The minimum absolute atomic E-state index is 0.136. The highest BCUT2D eigenvalue weighted by molar-refractivity contribution is 5.79. The Labute approximate surface area is 149 Å². The smallest absolute Gasteiger partial charge is 0.267 e. The number of carbonyl (C=O) groups is 1. The molecule has 0 bridgehead atoms. The number of hydrogen-bond donors (Lipinski definition) is 1. The molecule has 4 aliphatic rings. The van der Waals surface area contributed by atoms with Gasteiger partial charge >= 0.3 is 0 Å². The normalized spacial score (nSPS) is 49.2. The molecule has 3 fully saturated rings. The van der Waals surface area contributed by atoms with E-state index < -0.39 is 12.0 Å². The van der Waals surface area contributed by atoms with Crippen LogP contribution in [0.15, 0.2) is 11.6 Å². The van der Waals surface area contributed by atoms with Gasteiger partial charge in [-0.05, 0) is 81.0 Å². The van der Waals surface area contributed by atoms with Gasteiger partial charge in [-0.3, -0.25) is 4.79 Å². The zero-order valence-corrected chi connectivity index (χ0v) is 15.3. The van der Waals surface area contributed by atoms with Crippen LogP contribution in [0.5, 0.6) is 0 Å². The van der Waals surface area contributed by atoms with Gasteiger partial charge in [0.1, 0.15) is 11.4 Å². The Morgan fingerprint density at radius 1 is 1.20 bits per heavy atom. The maximum Gasteiger partial charge on any atom is 0.267 e. The lowest BCUT2D eigenvalue weighted by molar-refractivity contribution is -0.128. The van der Waals surface area contributed by atoms with Crippen molar-refractivity contribution in [1.29, 1.82) is 0 Å². The van der Waals surface area contributed by atoms with Crippen molar-refractivity contribution in [2.45, 2.75) is 77.2 Å². The van der Waals surface area contributed by atoms with Gasteiger partial charge in [0.25, 0.3) is 6.43 Å². The van der Waals surface area contributed by atoms with E-state index in [-0.39, 0.29) is 24.2 Å². The molecule has 0 saturated heterocycles. The Hall–Kier alpha value is -0.770. The Balaban J connectivity index is 1.58. The van der Waals surface area contributed by atoms with Crippen LogP contribution in [0.25, 0.3) is 0 Å². The van der Waals surface area contributed by atoms with Gasteiger partial charge in [-0.15, -0.1) is 0 Å². The number of halogens is 2. The van der Waals surface area contributed by atoms with Crippen LogP contribution >= 0.6 is 0 Å². The number of aliphatic hydroxyl groups is 1. The highest BCUT2D eigenvalue weighted by Crippen LogP contribution is 2.63. The molecule has 25 heavy (non-hydrogen) atoms. The number of allylic oxidation sites excluding steroid dienone is 1. The van der Waals surface area contributed by atoms with Crippen LogP contribution < -0.4 is 0 Å². The van der Waals surface area contributed by atoms with E-state index in [9.17, 15) is 18.7 Å². The second-order valence-electron chi connectivity index (χ2n) is 9.46. The second-order valence-corrected chi connectivity index (χ2v) is 9.46. The SMILES string of the molecule is CC(=O)C1CCC2C3CC=C4CC(O)(C(F)F)CCC4C3CCC12C. The Bertz CT molecular complexity index is 601. The standard InChI is InChI=1S/C21H30F2O2/c1-12(24)17-5-6-18-16-4-3-13-11-21(25,19(22)23)10-8-14(13)15(16)7-9-20(17,18)2/h3,14-19,25H,4-11H2,1-2H3. The van der Waals surface area contributed by atoms with Gasteiger partial charge in [0, 0.05) is 12.3 Å². The summed E-state index contributed by atoms with van der Waals surface area (Å²) in [5.41, 5.74) is -0.595. The molecule has 4 heteroatoms. The van der Waals surface area contributed by atoms with E-state index >= 15 is 0 Å². The third kappa shape index (κ3) is 2.54. The van der Waals surface area contributed by atoms with Crippen LogP contribution in [-0.4, -0.2) is 22.9 Å². The van der Waals surface area contributed by atoms with Gasteiger partial charge in [0.05, 0.1) is 0 Å². The number of rotatable bonds is 2. The summed E-state index contributed by atoms with van der Waals surface area (Å²) in [6.07, 6.45) is 5.87. The maximum atomic E-state index is 13.2. The topological polar surface area (TPSA) is 37.3 Å². The average Bonchev–Trinajstić information content (AvgIpc) is 2.91. The maximum absolute atomic E-state index is 13.2. The van der Waals surface area contributed by atoms with E-state index in [1.807, 2.05) is 0 Å². The van der Waals surface area contributed by atoms with Gasteiger partial charge in [-0.2, -0.15) is 0 Å². The molecule has 2 nitrogen and oxygen atoms in total. The van der Waals surface area contributed by atoms with E-state index in [1.165, 1.54) is 0 Å². The third-order valence-corrected chi connectivity index (χ3v) is 8.43. The van der Waals surface area contributed by atoms with Crippen molar-refractivity contribution in [3.63, 3.8) is 0 Å². The average molecular weight is 352 g/mol. The zero-order chi connectivity index (χ0) is 18.0. The van der Waals surface area contributed by atoms with Gasteiger partial charge in [0.2, 0.25) is 0 Å². The number of carbonyl (C=O) groups excluding carboxylic acids is 1. The van der Waals surface area contributed by atoms with Crippen LogP contribution in [0, 0.1) is 35.0 Å². The molecular weight excluding hydrogens is 322 g/mol. The van der Waals surface area contributed by atoms with E-state index in [0.717, 1.165) is 37.7 Å². The molecule has 3 saturated carbocycles. The molecule has 4 rings (SSSR count). The second kappa shape index (κ2) is 5.87. The van der Waals surface area contributed by atoms with Crippen molar-refractivity contribution in [3.05, 3.63) is 11.6 Å². The number of fused-ring (bicyclic) bond motifs is 5. The monoisotopic (exact) mass is 352 g/mol. The van der Waals surface area contributed by atoms with E-state index in [1.54, 1.807) is 6.92 Å². The fourth-order valence-corrected chi connectivity index (χ4v) is 7.17. The lowest BCUT2D eigenvalue weighted by atomic mass is 9.51. The quantitative estimate of drug-likeness (QED) is 0.728. The Morgan fingerprint density at radius 3 is 2.64 bits per heavy atom. The van der Waals surface area contributed by atoms with Crippen molar-refractivity contribution >= 4 is 5.78 Å². The van der Waals surface area contributed by atoms with Crippen molar-refractivity contribution in [3.8, 4) is 0 Å².